The summed E-state index contributed by atoms with van der Waals surface area (Å²) in [5, 5.41) is 0.513. The number of hydroxylamine groups is 1. The summed E-state index contributed by atoms with van der Waals surface area (Å²) in [4.78, 5) is 29.5. The molecule has 21 heavy (non-hydrogen) atoms. The molecule has 6 heteroatoms. The zero-order valence-corrected chi connectivity index (χ0v) is 12.1. The average Bonchev–Trinajstić information content (AvgIpc) is 2.65. The molecule has 1 aromatic carbocycles. The number of hydrogen-bond acceptors (Lipinski definition) is 4. The van der Waals surface area contributed by atoms with Crippen molar-refractivity contribution in [3.05, 3.63) is 34.1 Å². The Morgan fingerprint density at radius 1 is 1.33 bits per heavy atom. The van der Waals surface area contributed by atoms with E-state index in [2.05, 4.69) is 5.48 Å². The topological polar surface area (TPSA) is 73.5 Å². The zero-order chi connectivity index (χ0) is 15.0. The van der Waals surface area contributed by atoms with Gasteiger partial charge in [-0.25, -0.2) is 5.48 Å². The Morgan fingerprint density at radius 2 is 2.14 bits per heavy atom. The van der Waals surface area contributed by atoms with E-state index < -0.39 is 6.04 Å². The van der Waals surface area contributed by atoms with Crippen LogP contribution in [0.1, 0.15) is 44.2 Å². The summed E-state index contributed by atoms with van der Waals surface area (Å²) in [5.41, 5.74) is 3.61. The maximum atomic E-state index is 12.5. The van der Waals surface area contributed by atoms with Crippen LogP contribution in [0.5, 0.6) is 0 Å². The minimum atomic E-state index is -0.660. The first-order chi connectivity index (χ1) is 10.1. The standard InChI is InChI=1S/C15H18N2O4/c1-9(2)10-5-3-6-11-13(10)21-17(15(11)19)12-7-4-8-20-16-14(12)18/h3,5-6,9,12H,4,7-8H2,1-2H3,(H,16,18). The number of carbonyl (C=O) groups excluding carboxylic acids is 1. The van der Waals surface area contributed by atoms with Crippen LogP contribution in [0, 0.1) is 0 Å². The van der Waals surface area contributed by atoms with E-state index in [-0.39, 0.29) is 17.4 Å². The van der Waals surface area contributed by atoms with E-state index in [9.17, 15) is 9.59 Å². The smallest absolute Gasteiger partial charge is 0.291 e. The van der Waals surface area contributed by atoms with E-state index in [1.54, 1.807) is 6.07 Å². The van der Waals surface area contributed by atoms with Gasteiger partial charge in [0.05, 0.1) is 12.0 Å². The number of para-hydroxylation sites is 1. The normalized spacial score (nSPS) is 19.8. The minimum absolute atomic E-state index is 0.235. The van der Waals surface area contributed by atoms with Crippen LogP contribution in [0.15, 0.2) is 27.5 Å². The summed E-state index contributed by atoms with van der Waals surface area (Å²) in [6.07, 6.45) is 1.20. The molecule has 2 heterocycles. The highest BCUT2D eigenvalue weighted by Gasteiger charge is 2.28. The van der Waals surface area contributed by atoms with Gasteiger partial charge in [0, 0.05) is 5.56 Å². The van der Waals surface area contributed by atoms with Gasteiger partial charge < -0.3 is 4.52 Å². The maximum absolute atomic E-state index is 12.5. The first-order valence-corrected chi connectivity index (χ1v) is 7.15. The second kappa shape index (κ2) is 5.37. The van der Waals surface area contributed by atoms with E-state index in [1.807, 2.05) is 26.0 Å². The van der Waals surface area contributed by atoms with Crippen LogP contribution in [0.25, 0.3) is 11.0 Å². The van der Waals surface area contributed by atoms with E-state index in [1.165, 1.54) is 4.74 Å². The molecule has 0 spiro atoms. The second-order valence-corrected chi connectivity index (χ2v) is 5.57. The molecule has 0 radical (unpaired) electrons. The van der Waals surface area contributed by atoms with Crippen molar-refractivity contribution in [2.45, 2.75) is 38.6 Å². The number of nitrogens with one attached hydrogen (secondary N) is 1. The molecule has 0 saturated carbocycles. The molecule has 1 aliphatic rings. The van der Waals surface area contributed by atoms with Gasteiger partial charge in [-0.05, 0) is 24.8 Å². The molecule has 6 nitrogen and oxygen atoms in total. The maximum Gasteiger partial charge on any atom is 0.291 e. The number of amides is 1. The molecule has 1 N–H and O–H groups in total. The molecule has 0 bridgehead atoms. The minimum Gasteiger partial charge on any atom is -0.375 e. The lowest BCUT2D eigenvalue weighted by Crippen LogP contribution is -2.33. The predicted octanol–water partition coefficient (Wildman–Crippen LogP) is 2.10. The summed E-state index contributed by atoms with van der Waals surface area (Å²) in [5.74, 6) is -0.112. The summed E-state index contributed by atoms with van der Waals surface area (Å²) in [6.45, 7) is 4.52. The Bertz CT molecular complexity index is 729. The molecule has 1 saturated heterocycles. The number of aromatic nitrogens is 1. The van der Waals surface area contributed by atoms with Crippen molar-refractivity contribution < 1.29 is 14.2 Å². The highest BCUT2D eigenvalue weighted by molar-refractivity contribution is 5.82. The van der Waals surface area contributed by atoms with Gasteiger partial charge in [-0.1, -0.05) is 26.0 Å². The Balaban J connectivity index is 2.15. The van der Waals surface area contributed by atoms with Crippen LogP contribution in [-0.2, 0) is 9.63 Å². The lowest BCUT2D eigenvalue weighted by atomic mass is 10.0. The van der Waals surface area contributed by atoms with Crippen molar-refractivity contribution >= 4 is 16.9 Å². The van der Waals surface area contributed by atoms with E-state index in [4.69, 9.17) is 9.36 Å². The van der Waals surface area contributed by atoms with E-state index in [0.29, 0.717) is 30.4 Å². The third-order valence-corrected chi connectivity index (χ3v) is 3.77. The number of nitrogens with zero attached hydrogens (tertiary/aromatic N) is 1. The Hall–Kier alpha value is -2.08. The quantitative estimate of drug-likeness (QED) is 0.919. The second-order valence-electron chi connectivity index (χ2n) is 5.57. The van der Waals surface area contributed by atoms with Crippen molar-refractivity contribution in [3.8, 4) is 0 Å². The van der Waals surface area contributed by atoms with Crippen molar-refractivity contribution in [2.75, 3.05) is 6.61 Å². The molecule has 2 aromatic rings. The SMILES string of the molecule is CC(C)c1cccc2c(=O)n(C3CCCONC3=O)oc12. The predicted molar refractivity (Wildman–Crippen MR) is 76.9 cm³/mol. The van der Waals surface area contributed by atoms with E-state index in [0.717, 1.165) is 5.56 Å². The van der Waals surface area contributed by atoms with Gasteiger partial charge in [0.25, 0.3) is 11.5 Å². The average molecular weight is 290 g/mol. The van der Waals surface area contributed by atoms with Gasteiger partial charge >= 0.3 is 0 Å². The zero-order valence-electron chi connectivity index (χ0n) is 12.1. The van der Waals surface area contributed by atoms with Crippen LogP contribution < -0.4 is 11.0 Å². The Labute approximate surface area is 121 Å². The summed E-state index contributed by atoms with van der Waals surface area (Å²) >= 11 is 0. The molecule has 1 atom stereocenters. The van der Waals surface area contributed by atoms with Crippen molar-refractivity contribution in [1.82, 2.24) is 10.2 Å². The molecule has 1 amide bonds. The van der Waals surface area contributed by atoms with Gasteiger partial charge in [-0.15, -0.1) is 0 Å². The van der Waals surface area contributed by atoms with Gasteiger partial charge in [-0.2, -0.15) is 4.74 Å². The van der Waals surface area contributed by atoms with Crippen LogP contribution in [0.4, 0.5) is 0 Å². The highest BCUT2D eigenvalue weighted by atomic mass is 16.7. The van der Waals surface area contributed by atoms with Gasteiger partial charge in [0.2, 0.25) is 0 Å². The monoisotopic (exact) mass is 290 g/mol. The largest absolute Gasteiger partial charge is 0.375 e. The lowest BCUT2D eigenvalue weighted by Gasteiger charge is -2.11. The van der Waals surface area contributed by atoms with Crippen LogP contribution in [0.2, 0.25) is 0 Å². The Morgan fingerprint density at radius 3 is 2.90 bits per heavy atom. The number of fused-ring (bicyclic) bond motifs is 1. The molecule has 1 fully saturated rings. The molecule has 112 valence electrons. The molecule has 0 aliphatic carbocycles. The Kier molecular flexibility index (Phi) is 3.55. The third-order valence-electron chi connectivity index (χ3n) is 3.77. The summed E-state index contributed by atoms with van der Waals surface area (Å²) in [7, 11) is 0. The fraction of sp³-hybridized carbons (Fsp3) is 0.467. The first kappa shape index (κ1) is 13.9. The van der Waals surface area contributed by atoms with Crippen LogP contribution in [-0.4, -0.2) is 17.3 Å². The van der Waals surface area contributed by atoms with Gasteiger partial charge in [0.1, 0.15) is 0 Å². The van der Waals surface area contributed by atoms with Crippen molar-refractivity contribution in [3.63, 3.8) is 0 Å². The molecule has 1 aromatic heterocycles. The highest BCUT2D eigenvalue weighted by Crippen LogP contribution is 2.26. The number of benzene rings is 1. The van der Waals surface area contributed by atoms with Crippen molar-refractivity contribution in [2.24, 2.45) is 0 Å². The first-order valence-electron chi connectivity index (χ1n) is 7.15. The molecule has 3 rings (SSSR count). The van der Waals surface area contributed by atoms with Gasteiger partial charge in [0.15, 0.2) is 11.6 Å². The summed E-state index contributed by atoms with van der Waals surface area (Å²) in [6, 6.07) is 4.85. The van der Waals surface area contributed by atoms with Crippen LogP contribution in [0.3, 0.4) is 0 Å². The van der Waals surface area contributed by atoms with Crippen molar-refractivity contribution in [1.29, 1.82) is 0 Å². The third kappa shape index (κ3) is 2.35. The molecule has 1 aliphatic heterocycles. The van der Waals surface area contributed by atoms with Crippen LogP contribution >= 0.6 is 0 Å². The fourth-order valence-electron chi connectivity index (χ4n) is 2.64. The molecule has 1 unspecified atom stereocenters. The number of rotatable bonds is 2. The lowest BCUT2D eigenvalue weighted by molar-refractivity contribution is -0.136. The van der Waals surface area contributed by atoms with Gasteiger partial charge in [-0.3, -0.25) is 14.4 Å². The number of hydrogen-bond donors (Lipinski definition) is 1. The van der Waals surface area contributed by atoms with E-state index >= 15 is 0 Å². The number of carbonyl (C=O) groups is 1. The fourth-order valence-corrected chi connectivity index (χ4v) is 2.64. The summed E-state index contributed by atoms with van der Waals surface area (Å²) < 4.78 is 6.93. The molecular formula is C15H18N2O4. The molecular weight excluding hydrogens is 272 g/mol.